The van der Waals surface area contributed by atoms with Gasteiger partial charge in [0.15, 0.2) is 0 Å². The quantitative estimate of drug-likeness (QED) is 0.906. The third-order valence-electron chi connectivity index (χ3n) is 4.36. The topological polar surface area (TPSA) is 47.7 Å². The SMILES string of the molecule is COc1ccc(C(CN)N2C[C@H](C)C[C@H](C)C2)c(OC)c1. The minimum Gasteiger partial charge on any atom is -0.497 e. The number of rotatable bonds is 5. The highest BCUT2D eigenvalue weighted by molar-refractivity contribution is 5.42. The van der Waals surface area contributed by atoms with Crippen LogP contribution in [0.4, 0.5) is 0 Å². The summed E-state index contributed by atoms with van der Waals surface area (Å²) in [7, 11) is 3.37. The maximum absolute atomic E-state index is 6.09. The molecule has 1 aliphatic heterocycles. The van der Waals surface area contributed by atoms with Crippen LogP contribution in [0.25, 0.3) is 0 Å². The third-order valence-corrected chi connectivity index (χ3v) is 4.36. The van der Waals surface area contributed by atoms with Crippen LogP contribution in [0.5, 0.6) is 11.5 Å². The number of nitrogens with zero attached hydrogens (tertiary/aromatic N) is 1. The molecule has 4 heteroatoms. The fourth-order valence-corrected chi connectivity index (χ4v) is 3.53. The molecule has 118 valence electrons. The van der Waals surface area contributed by atoms with Crippen molar-refractivity contribution in [3.05, 3.63) is 23.8 Å². The van der Waals surface area contributed by atoms with E-state index in [9.17, 15) is 0 Å². The van der Waals surface area contributed by atoms with E-state index in [1.165, 1.54) is 6.42 Å². The standard InChI is InChI=1S/C17H28N2O2/c1-12-7-13(2)11-19(10-12)16(9-18)15-6-5-14(20-3)8-17(15)21-4/h5-6,8,12-13,16H,7,9-11,18H2,1-4H3/t12-,13+,16?. The van der Waals surface area contributed by atoms with E-state index < -0.39 is 0 Å². The Hall–Kier alpha value is -1.26. The Kier molecular flexibility index (Phi) is 5.48. The molecule has 3 atom stereocenters. The molecule has 2 rings (SSSR count). The van der Waals surface area contributed by atoms with Crippen molar-refractivity contribution in [2.75, 3.05) is 33.9 Å². The van der Waals surface area contributed by atoms with E-state index in [2.05, 4.69) is 24.8 Å². The number of ether oxygens (including phenoxy) is 2. The molecule has 1 fully saturated rings. The van der Waals surface area contributed by atoms with Gasteiger partial charge in [0.2, 0.25) is 0 Å². The van der Waals surface area contributed by atoms with Crippen molar-refractivity contribution >= 4 is 0 Å². The molecule has 0 saturated carbocycles. The van der Waals surface area contributed by atoms with Gasteiger partial charge in [-0.2, -0.15) is 0 Å². The van der Waals surface area contributed by atoms with Crippen molar-refractivity contribution in [2.24, 2.45) is 17.6 Å². The van der Waals surface area contributed by atoms with Crippen LogP contribution < -0.4 is 15.2 Å². The molecule has 1 unspecified atom stereocenters. The Labute approximate surface area is 128 Å². The summed E-state index contributed by atoms with van der Waals surface area (Å²) in [6.07, 6.45) is 1.30. The molecule has 1 aromatic rings. The highest BCUT2D eigenvalue weighted by atomic mass is 16.5. The molecule has 0 radical (unpaired) electrons. The predicted molar refractivity (Wildman–Crippen MR) is 85.9 cm³/mol. The van der Waals surface area contributed by atoms with Crippen molar-refractivity contribution in [1.29, 1.82) is 0 Å². The molecule has 1 saturated heterocycles. The lowest BCUT2D eigenvalue weighted by Crippen LogP contribution is -2.43. The van der Waals surface area contributed by atoms with Gasteiger partial charge in [-0.25, -0.2) is 0 Å². The summed E-state index contributed by atoms with van der Waals surface area (Å²) in [5.74, 6) is 3.10. The second-order valence-corrected chi connectivity index (χ2v) is 6.26. The summed E-state index contributed by atoms with van der Waals surface area (Å²) in [6.45, 7) is 7.44. The van der Waals surface area contributed by atoms with Gasteiger partial charge in [-0.05, 0) is 24.3 Å². The van der Waals surface area contributed by atoms with Crippen molar-refractivity contribution in [2.45, 2.75) is 26.3 Å². The minimum absolute atomic E-state index is 0.205. The number of likely N-dealkylation sites (tertiary alicyclic amines) is 1. The van der Waals surface area contributed by atoms with Gasteiger partial charge in [0.05, 0.1) is 20.3 Å². The monoisotopic (exact) mass is 292 g/mol. The zero-order chi connectivity index (χ0) is 15.4. The first-order chi connectivity index (χ1) is 10.1. The van der Waals surface area contributed by atoms with Crippen LogP contribution in [0.15, 0.2) is 18.2 Å². The van der Waals surface area contributed by atoms with Crippen LogP contribution in [-0.4, -0.2) is 38.8 Å². The van der Waals surface area contributed by atoms with Crippen molar-refractivity contribution in [1.82, 2.24) is 4.90 Å². The van der Waals surface area contributed by atoms with Crippen LogP contribution >= 0.6 is 0 Å². The van der Waals surface area contributed by atoms with Gasteiger partial charge in [0, 0.05) is 31.3 Å². The second kappa shape index (κ2) is 7.14. The van der Waals surface area contributed by atoms with Crippen LogP contribution in [-0.2, 0) is 0 Å². The minimum atomic E-state index is 0.205. The van der Waals surface area contributed by atoms with Crippen molar-refractivity contribution in [3.63, 3.8) is 0 Å². The van der Waals surface area contributed by atoms with Gasteiger partial charge in [-0.3, -0.25) is 4.90 Å². The molecule has 2 N–H and O–H groups in total. The number of hydrogen-bond acceptors (Lipinski definition) is 4. The zero-order valence-corrected chi connectivity index (χ0v) is 13.6. The first-order valence-corrected chi connectivity index (χ1v) is 7.75. The van der Waals surface area contributed by atoms with Gasteiger partial charge >= 0.3 is 0 Å². The van der Waals surface area contributed by atoms with Gasteiger partial charge < -0.3 is 15.2 Å². The highest BCUT2D eigenvalue weighted by Gasteiger charge is 2.29. The van der Waals surface area contributed by atoms with E-state index in [0.29, 0.717) is 18.4 Å². The summed E-state index contributed by atoms with van der Waals surface area (Å²) in [4.78, 5) is 2.50. The van der Waals surface area contributed by atoms with E-state index in [1.54, 1.807) is 14.2 Å². The van der Waals surface area contributed by atoms with Crippen LogP contribution in [0, 0.1) is 11.8 Å². The van der Waals surface area contributed by atoms with E-state index in [4.69, 9.17) is 15.2 Å². The summed E-state index contributed by atoms with van der Waals surface area (Å²) >= 11 is 0. The van der Waals surface area contributed by atoms with Crippen molar-refractivity contribution < 1.29 is 9.47 Å². The molecule has 1 aliphatic rings. The first kappa shape index (κ1) is 16.1. The van der Waals surface area contributed by atoms with E-state index >= 15 is 0 Å². The molecular weight excluding hydrogens is 264 g/mol. The fraction of sp³-hybridized carbons (Fsp3) is 0.647. The molecule has 0 amide bonds. The maximum atomic E-state index is 6.09. The molecule has 21 heavy (non-hydrogen) atoms. The Balaban J connectivity index is 2.28. The third kappa shape index (κ3) is 3.69. The molecule has 1 heterocycles. The zero-order valence-electron chi connectivity index (χ0n) is 13.6. The number of benzene rings is 1. The lowest BCUT2D eigenvalue weighted by Gasteiger charge is -2.40. The number of hydrogen-bond donors (Lipinski definition) is 1. The normalized spacial score (nSPS) is 24.6. The molecule has 4 nitrogen and oxygen atoms in total. The Morgan fingerprint density at radius 1 is 1.19 bits per heavy atom. The van der Waals surface area contributed by atoms with Crippen LogP contribution in [0.1, 0.15) is 31.9 Å². The average molecular weight is 292 g/mol. The lowest BCUT2D eigenvalue weighted by molar-refractivity contribution is 0.0970. The van der Waals surface area contributed by atoms with Gasteiger partial charge in [0.1, 0.15) is 11.5 Å². The Morgan fingerprint density at radius 3 is 2.38 bits per heavy atom. The molecular formula is C17H28N2O2. The predicted octanol–water partition coefficient (Wildman–Crippen LogP) is 2.68. The largest absolute Gasteiger partial charge is 0.497 e. The van der Waals surface area contributed by atoms with Crippen LogP contribution in [0.2, 0.25) is 0 Å². The Morgan fingerprint density at radius 2 is 1.86 bits per heavy atom. The second-order valence-electron chi connectivity index (χ2n) is 6.26. The number of methoxy groups -OCH3 is 2. The number of nitrogens with two attached hydrogens (primary N) is 1. The summed E-state index contributed by atoms with van der Waals surface area (Å²) < 4.78 is 10.8. The van der Waals surface area contributed by atoms with E-state index in [1.807, 2.05) is 12.1 Å². The molecule has 1 aromatic carbocycles. The fourth-order valence-electron chi connectivity index (χ4n) is 3.53. The van der Waals surface area contributed by atoms with Gasteiger partial charge in [-0.15, -0.1) is 0 Å². The summed E-state index contributed by atoms with van der Waals surface area (Å²) in [6, 6.07) is 6.21. The van der Waals surface area contributed by atoms with E-state index in [0.717, 1.165) is 30.2 Å². The highest BCUT2D eigenvalue weighted by Crippen LogP contribution is 2.35. The van der Waals surface area contributed by atoms with Gasteiger partial charge in [-0.1, -0.05) is 19.9 Å². The molecule has 0 aromatic heterocycles. The summed E-state index contributed by atoms with van der Waals surface area (Å²) in [5.41, 5.74) is 7.25. The lowest BCUT2D eigenvalue weighted by atomic mass is 9.89. The smallest absolute Gasteiger partial charge is 0.127 e. The molecule has 0 spiro atoms. The van der Waals surface area contributed by atoms with Gasteiger partial charge in [0.25, 0.3) is 0 Å². The first-order valence-electron chi connectivity index (χ1n) is 7.75. The Bertz CT molecular complexity index is 454. The maximum Gasteiger partial charge on any atom is 0.127 e. The van der Waals surface area contributed by atoms with Crippen molar-refractivity contribution in [3.8, 4) is 11.5 Å². The molecule has 0 aliphatic carbocycles. The average Bonchev–Trinajstić information content (AvgIpc) is 2.47. The summed E-state index contributed by atoms with van der Waals surface area (Å²) in [5, 5.41) is 0. The molecule has 0 bridgehead atoms. The van der Waals surface area contributed by atoms with E-state index in [-0.39, 0.29) is 6.04 Å². The number of piperidine rings is 1. The van der Waals surface area contributed by atoms with Crippen LogP contribution in [0.3, 0.4) is 0 Å².